The summed E-state index contributed by atoms with van der Waals surface area (Å²) in [6.45, 7) is 0. The van der Waals surface area contributed by atoms with E-state index in [1.807, 2.05) is 0 Å². The molecule has 3 aromatic heterocycles. The number of H-pyrrole nitrogens is 1. The number of ether oxygens (including phenoxy) is 1. The molecule has 10 heteroatoms. The minimum Gasteiger partial charge on any atom is -0.490 e. The molecule has 1 amide bonds. The van der Waals surface area contributed by atoms with Crippen LogP contribution >= 0.6 is 23.2 Å². The number of carbonyl (C=O) groups is 1. The predicted molar refractivity (Wildman–Crippen MR) is 129 cm³/mol. The summed E-state index contributed by atoms with van der Waals surface area (Å²) < 4.78 is 5.98. The molecule has 33 heavy (non-hydrogen) atoms. The van der Waals surface area contributed by atoms with E-state index < -0.39 is 0 Å². The number of para-hydroxylation sites is 1. The van der Waals surface area contributed by atoms with Crippen molar-refractivity contribution in [2.24, 2.45) is 0 Å². The van der Waals surface area contributed by atoms with Gasteiger partial charge in [0.25, 0.3) is 5.91 Å². The maximum absolute atomic E-state index is 12.8. The van der Waals surface area contributed by atoms with Crippen LogP contribution in [0.5, 0.6) is 5.75 Å². The van der Waals surface area contributed by atoms with Gasteiger partial charge in [0, 0.05) is 12.3 Å². The first-order valence-corrected chi connectivity index (χ1v) is 11.3. The lowest BCUT2D eigenvalue weighted by Gasteiger charge is -2.13. The highest BCUT2D eigenvalue weighted by Crippen LogP contribution is 2.32. The zero-order valence-corrected chi connectivity index (χ0v) is 19.0. The van der Waals surface area contributed by atoms with Crippen molar-refractivity contribution in [3.8, 4) is 5.75 Å². The third-order valence-electron chi connectivity index (χ3n) is 5.39. The Bertz CT molecular complexity index is 1300. The molecule has 4 aromatic rings. The SMILES string of the molecule is O=C(Nc1cc(OC2CCCC2)ccn1)c1cc2[nH]c(Nc3c(Cl)cccc3Cl)nc2cn1. The van der Waals surface area contributed by atoms with E-state index in [-0.39, 0.29) is 17.7 Å². The molecule has 1 fully saturated rings. The van der Waals surface area contributed by atoms with Gasteiger partial charge in [0.15, 0.2) is 0 Å². The van der Waals surface area contributed by atoms with Gasteiger partial charge in [0.05, 0.1) is 33.6 Å². The van der Waals surface area contributed by atoms with Crippen molar-refractivity contribution in [3.05, 3.63) is 64.5 Å². The summed E-state index contributed by atoms with van der Waals surface area (Å²) in [4.78, 5) is 28.7. The number of imidazole rings is 1. The molecular formula is C23H20Cl2N6O2. The van der Waals surface area contributed by atoms with Gasteiger partial charge >= 0.3 is 0 Å². The smallest absolute Gasteiger partial charge is 0.275 e. The highest BCUT2D eigenvalue weighted by atomic mass is 35.5. The summed E-state index contributed by atoms with van der Waals surface area (Å²) in [6, 6.07) is 10.3. The van der Waals surface area contributed by atoms with Crippen LogP contribution in [-0.4, -0.2) is 31.9 Å². The number of amides is 1. The minimum atomic E-state index is -0.388. The molecule has 3 heterocycles. The number of nitrogens with one attached hydrogen (secondary N) is 3. The fraction of sp³-hybridized carbons (Fsp3) is 0.217. The number of pyridine rings is 2. The first-order valence-electron chi connectivity index (χ1n) is 10.6. The quantitative estimate of drug-likeness (QED) is 0.312. The molecule has 168 valence electrons. The molecule has 8 nitrogen and oxygen atoms in total. The first kappa shape index (κ1) is 21.5. The summed E-state index contributed by atoms with van der Waals surface area (Å²) in [6.07, 6.45) is 7.84. The lowest BCUT2D eigenvalue weighted by Crippen LogP contribution is -2.15. The molecule has 0 unspecified atom stereocenters. The number of aromatic amines is 1. The lowest BCUT2D eigenvalue weighted by molar-refractivity contribution is 0.102. The summed E-state index contributed by atoms with van der Waals surface area (Å²) in [5.74, 6) is 1.13. The van der Waals surface area contributed by atoms with Crippen LogP contribution in [0.1, 0.15) is 36.2 Å². The highest BCUT2D eigenvalue weighted by Gasteiger charge is 2.17. The summed E-state index contributed by atoms with van der Waals surface area (Å²) >= 11 is 12.4. The second kappa shape index (κ2) is 9.25. The molecule has 1 aliphatic carbocycles. The number of nitrogens with zero attached hydrogens (tertiary/aromatic N) is 3. The molecule has 1 saturated carbocycles. The van der Waals surface area contributed by atoms with Gasteiger partial charge in [-0.05, 0) is 49.9 Å². The standard InChI is InChI=1S/C23H20Cl2N6O2/c24-15-6-3-7-16(25)21(15)31-23-28-17-11-18(27-12-19(17)29-23)22(32)30-20-10-14(8-9-26-20)33-13-4-1-2-5-13/h3,6-13H,1-2,4-5H2,(H,26,30,32)(H2,28,29,31). The van der Waals surface area contributed by atoms with Crippen molar-refractivity contribution in [1.82, 2.24) is 19.9 Å². The van der Waals surface area contributed by atoms with Crippen LogP contribution in [0.25, 0.3) is 11.0 Å². The molecule has 0 bridgehead atoms. The second-order valence-electron chi connectivity index (χ2n) is 7.75. The Kier molecular flexibility index (Phi) is 6.02. The van der Waals surface area contributed by atoms with Crippen LogP contribution < -0.4 is 15.4 Å². The zero-order chi connectivity index (χ0) is 22.8. The second-order valence-corrected chi connectivity index (χ2v) is 8.56. The van der Waals surface area contributed by atoms with Gasteiger partial charge in [-0.1, -0.05) is 29.3 Å². The topological polar surface area (TPSA) is 105 Å². The van der Waals surface area contributed by atoms with E-state index in [2.05, 4.69) is 30.6 Å². The summed E-state index contributed by atoms with van der Waals surface area (Å²) in [7, 11) is 0. The number of hydrogen-bond donors (Lipinski definition) is 3. The van der Waals surface area contributed by atoms with Gasteiger partial charge in [0.1, 0.15) is 22.8 Å². The van der Waals surface area contributed by atoms with Crippen LogP contribution in [0.3, 0.4) is 0 Å². The molecule has 3 N–H and O–H groups in total. The van der Waals surface area contributed by atoms with Gasteiger partial charge in [0.2, 0.25) is 5.95 Å². The fourth-order valence-electron chi connectivity index (χ4n) is 3.76. The fourth-order valence-corrected chi connectivity index (χ4v) is 4.26. The molecule has 1 aromatic carbocycles. The van der Waals surface area contributed by atoms with Crippen LogP contribution in [0, 0.1) is 0 Å². The number of benzene rings is 1. The Labute approximate surface area is 199 Å². The van der Waals surface area contributed by atoms with E-state index >= 15 is 0 Å². The van der Waals surface area contributed by atoms with Crippen molar-refractivity contribution < 1.29 is 9.53 Å². The minimum absolute atomic E-state index is 0.220. The number of halogens is 2. The van der Waals surface area contributed by atoms with Gasteiger partial charge in [-0.25, -0.2) is 15.0 Å². The van der Waals surface area contributed by atoms with Crippen molar-refractivity contribution in [2.45, 2.75) is 31.8 Å². The normalized spacial score (nSPS) is 13.9. The number of anilines is 3. The Morgan fingerprint density at radius 2 is 1.88 bits per heavy atom. The Balaban J connectivity index is 1.31. The number of rotatable bonds is 6. The third kappa shape index (κ3) is 4.86. The average Bonchev–Trinajstić information content (AvgIpc) is 3.45. The monoisotopic (exact) mass is 482 g/mol. The molecule has 0 atom stereocenters. The molecule has 0 aliphatic heterocycles. The largest absolute Gasteiger partial charge is 0.490 e. The van der Waals surface area contributed by atoms with E-state index in [9.17, 15) is 4.79 Å². The Morgan fingerprint density at radius 3 is 2.67 bits per heavy atom. The first-order chi connectivity index (χ1) is 16.0. The number of aromatic nitrogens is 4. The lowest BCUT2D eigenvalue weighted by atomic mass is 10.3. The molecule has 5 rings (SSSR count). The maximum Gasteiger partial charge on any atom is 0.275 e. The van der Waals surface area contributed by atoms with Crippen molar-refractivity contribution in [3.63, 3.8) is 0 Å². The van der Waals surface area contributed by atoms with Crippen LogP contribution in [0.15, 0.2) is 48.8 Å². The Morgan fingerprint density at radius 1 is 1.09 bits per heavy atom. The van der Waals surface area contributed by atoms with E-state index in [0.717, 1.165) is 12.8 Å². The van der Waals surface area contributed by atoms with Crippen LogP contribution in [0.4, 0.5) is 17.5 Å². The number of hydrogen-bond acceptors (Lipinski definition) is 6. The van der Waals surface area contributed by atoms with Crippen LogP contribution in [0.2, 0.25) is 10.0 Å². The molecule has 0 spiro atoms. The van der Waals surface area contributed by atoms with Crippen molar-refractivity contribution in [2.75, 3.05) is 10.6 Å². The van der Waals surface area contributed by atoms with Gasteiger partial charge < -0.3 is 20.4 Å². The summed E-state index contributed by atoms with van der Waals surface area (Å²) in [5.41, 5.74) is 1.98. The van der Waals surface area contributed by atoms with Crippen molar-refractivity contribution >= 4 is 57.6 Å². The molecule has 0 radical (unpaired) electrons. The summed E-state index contributed by atoms with van der Waals surface area (Å²) in [5, 5.41) is 6.77. The van der Waals surface area contributed by atoms with Gasteiger partial charge in [-0.2, -0.15) is 0 Å². The predicted octanol–water partition coefficient (Wildman–Crippen LogP) is 5.98. The van der Waals surface area contributed by atoms with Crippen molar-refractivity contribution in [1.29, 1.82) is 0 Å². The molecule has 0 saturated heterocycles. The van der Waals surface area contributed by atoms with E-state index in [1.165, 1.54) is 19.0 Å². The van der Waals surface area contributed by atoms with E-state index in [0.29, 0.717) is 44.3 Å². The van der Waals surface area contributed by atoms with E-state index in [1.54, 1.807) is 42.6 Å². The number of fused-ring (bicyclic) bond motifs is 1. The maximum atomic E-state index is 12.8. The highest BCUT2D eigenvalue weighted by molar-refractivity contribution is 6.39. The number of carbonyl (C=O) groups excluding carboxylic acids is 1. The average molecular weight is 483 g/mol. The third-order valence-corrected chi connectivity index (χ3v) is 6.01. The van der Waals surface area contributed by atoms with Gasteiger partial charge in [-0.15, -0.1) is 0 Å². The molecule has 1 aliphatic rings. The van der Waals surface area contributed by atoms with E-state index in [4.69, 9.17) is 27.9 Å². The van der Waals surface area contributed by atoms with Gasteiger partial charge in [-0.3, -0.25) is 4.79 Å². The molecular weight excluding hydrogens is 463 g/mol. The zero-order valence-electron chi connectivity index (χ0n) is 17.4. The Hall–Kier alpha value is -3.36. The van der Waals surface area contributed by atoms with Crippen LogP contribution in [-0.2, 0) is 0 Å².